The van der Waals surface area contributed by atoms with Gasteiger partial charge in [-0.15, -0.1) is 0 Å². The van der Waals surface area contributed by atoms with Gasteiger partial charge in [-0.3, -0.25) is 0 Å². The zero-order valence-electron chi connectivity index (χ0n) is 10.1. The molecule has 0 radical (unpaired) electrons. The Kier molecular flexibility index (Phi) is 2.92. The minimum atomic E-state index is 0.200. The fourth-order valence-electron chi connectivity index (χ4n) is 2.47. The molecule has 2 N–H and O–H groups in total. The van der Waals surface area contributed by atoms with E-state index in [1.807, 2.05) is 0 Å². The third kappa shape index (κ3) is 1.85. The molecule has 5 heteroatoms. The number of nitrogens with two attached hydrogens (primary N) is 1. The molecule has 96 valence electrons. The van der Waals surface area contributed by atoms with Crippen LogP contribution in [0.3, 0.4) is 0 Å². The molecule has 18 heavy (non-hydrogen) atoms. The van der Waals surface area contributed by atoms with Gasteiger partial charge in [0, 0.05) is 12.7 Å². The lowest BCUT2D eigenvalue weighted by Gasteiger charge is -2.12. The molecule has 1 aliphatic rings. The zero-order chi connectivity index (χ0) is 12.7. The van der Waals surface area contributed by atoms with Gasteiger partial charge >= 0.3 is 0 Å². The number of hydrogen-bond acceptors (Lipinski definition) is 4. The van der Waals surface area contributed by atoms with E-state index >= 15 is 0 Å². The van der Waals surface area contributed by atoms with Gasteiger partial charge in [0.05, 0.1) is 22.7 Å². The number of benzene rings is 1. The van der Waals surface area contributed by atoms with Gasteiger partial charge in [0.1, 0.15) is 5.52 Å². The standard InChI is InChI=1S/C13H15ClN2O2/c1-2-11-7(3-4-17-11)13-16-10-5-8(14)9(15)6-12(10)18-13/h5-7,11H,2-4,15H2,1H3. The van der Waals surface area contributed by atoms with Crippen molar-refractivity contribution in [2.24, 2.45) is 0 Å². The van der Waals surface area contributed by atoms with Crippen LogP contribution in [0, 0.1) is 0 Å². The van der Waals surface area contributed by atoms with Gasteiger partial charge in [-0.05, 0) is 18.9 Å². The average Bonchev–Trinajstić information content (AvgIpc) is 2.95. The number of fused-ring (bicyclic) bond motifs is 1. The van der Waals surface area contributed by atoms with Crippen LogP contribution in [0.25, 0.3) is 11.1 Å². The maximum atomic E-state index is 5.98. The average molecular weight is 267 g/mol. The summed E-state index contributed by atoms with van der Waals surface area (Å²) in [6, 6.07) is 3.47. The molecule has 1 aromatic carbocycles. The van der Waals surface area contributed by atoms with Crippen LogP contribution in [0.15, 0.2) is 16.5 Å². The second-order valence-electron chi connectivity index (χ2n) is 4.61. The van der Waals surface area contributed by atoms with Crippen LogP contribution in [-0.4, -0.2) is 17.7 Å². The second-order valence-corrected chi connectivity index (χ2v) is 5.01. The third-order valence-corrected chi connectivity index (χ3v) is 3.78. The van der Waals surface area contributed by atoms with Gasteiger partial charge < -0.3 is 14.9 Å². The molecule has 1 aliphatic heterocycles. The lowest BCUT2D eigenvalue weighted by molar-refractivity contribution is 0.0968. The SMILES string of the molecule is CCC1OCCC1c1nc2cc(Cl)c(N)cc2o1. The molecule has 1 aromatic heterocycles. The van der Waals surface area contributed by atoms with E-state index in [0.717, 1.165) is 30.9 Å². The topological polar surface area (TPSA) is 61.3 Å². The number of anilines is 1. The van der Waals surface area contributed by atoms with Crippen molar-refractivity contribution in [2.75, 3.05) is 12.3 Å². The first-order valence-corrected chi connectivity index (χ1v) is 6.54. The fourth-order valence-corrected chi connectivity index (χ4v) is 2.63. The van der Waals surface area contributed by atoms with Crippen LogP contribution in [0.2, 0.25) is 5.02 Å². The lowest BCUT2D eigenvalue weighted by Crippen LogP contribution is -2.12. The zero-order valence-corrected chi connectivity index (χ0v) is 10.9. The number of rotatable bonds is 2. The first-order valence-electron chi connectivity index (χ1n) is 6.16. The molecule has 2 atom stereocenters. The molecule has 1 fully saturated rings. The normalized spacial score (nSPS) is 23.9. The summed E-state index contributed by atoms with van der Waals surface area (Å²) < 4.78 is 11.5. The summed E-state index contributed by atoms with van der Waals surface area (Å²) in [5, 5.41) is 0.511. The predicted octanol–water partition coefficient (Wildman–Crippen LogP) is 3.35. The molecule has 0 bridgehead atoms. The van der Waals surface area contributed by atoms with Gasteiger partial charge in [0.2, 0.25) is 5.89 Å². The summed E-state index contributed by atoms with van der Waals surface area (Å²) in [5.41, 5.74) is 7.72. The largest absolute Gasteiger partial charge is 0.440 e. The first-order chi connectivity index (χ1) is 8.69. The van der Waals surface area contributed by atoms with Gasteiger partial charge in [0.25, 0.3) is 0 Å². The van der Waals surface area contributed by atoms with E-state index in [4.69, 9.17) is 26.5 Å². The van der Waals surface area contributed by atoms with Crippen molar-refractivity contribution in [1.29, 1.82) is 0 Å². The Balaban J connectivity index is 2.03. The number of oxazole rings is 1. The summed E-state index contributed by atoms with van der Waals surface area (Å²) in [7, 11) is 0. The highest BCUT2D eigenvalue weighted by atomic mass is 35.5. The predicted molar refractivity (Wildman–Crippen MR) is 70.8 cm³/mol. The second kappa shape index (κ2) is 4.44. The Morgan fingerprint density at radius 1 is 1.50 bits per heavy atom. The molecule has 4 nitrogen and oxygen atoms in total. The van der Waals surface area contributed by atoms with Crippen molar-refractivity contribution < 1.29 is 9.15 Å². The molecule has 0 aliphatic carbocycles. The van der Waals surface area contributed by atoms with E-state index < -0.39 is 0 Å². The van der Waals surface area contributed by atoms with Crippen LogP contribution < -0.4 is 5.73 Å². The monoisotopic (exact) mass is 266 g/mol. The number of nitrogens with zero attached hydrogens (tertiary/aromatic N) is 1. The number of ether oxygens (including phenoxy) is 1. The number of hydrogen-bond donors (Lipinski definition) is 1. The van der Waals surface area contributed by atoms with E-state index in [1.165, 1.54) is 0 Å². The van der Waals surface area contributed by atoms with Crippen LogP contribution in [0.4, 0.5) is 5.69 Å². The lowest BCUT2D eigenvalue weighted by atomic mass is 10.00. The van der Waals surface area contributed by atoms with E-state index in [9.17, 15) is 0 Å². The van der Waals surface area contributed by atoms with E-state index in [0.29, 0.717) is 16.3 Å². The molecule has 2 heterocycles. The smallest absolute Gasteiger partial charge is 0.201 e. The highest BCUT2D eigenvalue weighted by Gasteiger charge is 2.32. The van der Waals surface area contributed by atoms with Crippen molar-refractivity contribution in [3.05, 3.63) is 23.0 Å². The van der Waals surface area contributed by atoms with E-state index in [-0.39, 0.29) is 12.0 Å². The minimum absolute atomic E-state index is 0.200. The molecule has 0 spiro atoms. The van der Waals surface area contributed by atoms with Gasteiger partial charge in [0.15, 0.2) is 5.58 Å². The Morgan fingerprint density at radius 3 is 3.11 bits per heavy atom. The van der Waals surface area contributed by atoms with Crippen molar-refractivity contribution in [1.82, 2.24) is 4.98 Å². The molecular formula is C13H15ClN2O2. The molecule has 0 saturated carbocycles. The minimum Gasteiger partial charge on any atom is -0.440 e. The van der Waals surface area contributed by atoms with Crippen LogP contribution >= 0.6 is 11.6 Å². The maximum absolute atomic E-state index is 5.98. The molecule has 3 rings (SSSR count). The fraction of sp³-hybridized carbons (Fsp3) is 0.462. The van der Waals surface area contributed by atoms with Crippen molar-refractivity contribution in [2.45, 2.75) is 31.8 Å². The Bertz CT molecular complexity index is 543. The first kappa shape index (κ1) is 11.8. The highest BCUT2D eigenvalue weighted by molar-refractivity contribution is 6.33. The molecule has 2 unspecified atom stereocenters. The number of nitrogen functional groups attached to an aromatic ring is 1. The van der Waals surface area contributed by atoms with Crippen LogP contribution in [-0.2, 0) is 4.74 Å². The quantitative estimate of drug-likeness (QED) is 0.847. The molecule has 2 aromatic rings. The summed E-state index contributed by atoms with van der Waals surface area (Å²) in [5.74, 6) is 0.971. The van der Waals surface area contributed by atoms with Gasteiger partial charge in [-0.1, -0.05) is 18.5 Å². The molecule has 1 saturated heterocycles. The number of aromatic nitrogens is 1. The van der Waals surface area contributed by atoms with Crippen molar-refractivity contribution >= 4 is 28.4 Å². The van der Waals surface area contributed by atoms with E-state index in [2.05, 4.69) is 11.9 Å². The number of halogens is 1. The van der Waals surface area contributed by atoms with E-state index in [1.54, 1.807) is 12.1 Å². The summed E-state index contributed by atoms with van der Waals surface area (Å²) in [6.07, 6.45) is 2.12. The Labute approximate surface area is 110 Å². The molecule has 0 amide bonds. The van der Waals surface area contributed by atoms with Gasteiger partial charge in [-0.25, -0.2) is 4.98 Å². The van der Waals surface area contributed by atoms with Crippen molar-refractivity contribution in [3.63, 3.8) is 0 Å². The van der Waals surface area contributed by atoms with Crippen LogP contribution in [0.5, 0.6) is 0 Å². The Hall–Kier alpha value is -1.26. The third-order valence-electron chi connectivity index (χ3n) is 3.45. The molecular weight excluding hydrogens is 252 g/mol. The van der Waals surface area contributed by atoms with Gasteiger partial charge in [-0.2, -0.15) is 0 Å². The Morgan fingerprint density at radius 2 is 2.33 bits per heavy atom. The maximum Gasteiger partial charge on any atom is 0.201 e. The summed E-state index contributed by atoms with van der Waals surface area (Å²) >= 11 is 5.98. The highest BCUT2D eigenvalue weighted by Crippen LogP contribution is 2.35. The summed E-state index contributed by atoms with van der Waals surface area (Å²) in [6.45, 7) is 2.88. The van der Waals surface area contributed by atoms with Crippen molar-refractivity contribution in [3.8, 4) is 0 Å². The summed E-state index contributed by atoms with van der Waals surface area (Å²) in [4.78, 5) is 4.51. The van der Waals surface area contributed by atoms with Crippen LogP contribution in [0.1, 0.15) is 31.6 Å².